The predicted octanol–water partition coefficient (Wildman–Crippen LogP) is 3.61. The average molecular weight is 499 g/mol. The van der Waals surface area contributed by atoms with Crippen LogP contribution in [-0.2, 0) is 6.42 Å². The third-order valence-corrected chi connectivity index (χ3v) is 6.66. The van der Waals surface area contributed by atoms with E-state index in [9.17, 15) is 10.2 Å². The fraction of sp³-hybridized carbons (Fsp3) is 0.667. The molecular formula is C18H24AcO2. The summed E-state index contributed by atoms with van der Waals surface area (Å²) in [6, 6.07) is 5.96. The molecule has 0 amide bonds. The van der Waals surface area contributed by atoms with Crippen molar-refractivity contribution in [2.24, 2.45) is 17.3 Å². The van der Waals surface area contributed by atoms with Crippen LogP contribution in [0.5, 0.6) is 5.75 Å². The first-order valence-electron chi connectivity index (χ1n) is 8.09. The molecule has 3 heteroatoms. The molecule has 2 N–H and O–H groups in total. The number of aryl methyl sites for hydroxylation is 1. The molecule has 3 aliphatic carbocycles. The molecule has 0 unspecified atom stereocenters. The standard InChI is InChI=1S/C18H24O2.Ac/c1-18-9-8-14-13-5-3-12(19)10-11(13)2-4-15(14)16(18)6-7-17(18)20;/h3,5,10,14-17,19-20H,2,4,6-9H2,1H3;/t14-,15-,16+,17+,18+;/m0./s1. The van der Waals surface area contributed by atoms with Crippen molar-refractivity contribution in [1.82, 2.24) is 0 Å². The molecule has 1 radical (unpaired) electrons. The van der Waals surface area contributed by atoms with Crippen molar-refractivity contribution in [2.45, 2.75) is 57.5 Å². The maximum atomic E-state index is 10.4. The minimum atomic E-state index is -0.0883. The Morgan fingerprint density at radius 2 is 1.95 bits per heavy atom. The molecule has 2 saturated carbocycles. The van der Waals surface area contributed by atoms with Gasteiger partial charge in [-0.1, -0.05) is 13.0 Å². The Morgan fingerprint density at radius 1 is 1.14 bits per heavy atom. The second kappa shape index (κ2) is 5.81. The quantitative estimate of drug-likeness (QED) is 0.573. The van der Waals surface area contributed by atoms with E-state index < -0.39 is 0 Å². The van der Waals surface area contributed by atoms with E-state index in [-0.39, 0.29) is 55.6 Å². The van der Waals surface area contributed by atoms with E-state index in [4.69, 9.17) is 0 Å². The van der Waals surface area contributed by atoms with Crippen molar-refractivity contribution in [3.8, 4) is 5.75 Å². The van der Waals surface area contributed by atoms with E-state index in [1.165, 1.54) is 30.4 Å². The van der Waals surface area contributed by atoms with E-state index in [1.807, 2.05) is 12.1 Å². The first kappa shape index (κ1) is 16.3. The zero-order valence-corrected chi connectivity index (χ0v) is 17.5. The molecule has 3 aliphatic rings. The number of aliphatic hydroxyl groups is 1. The zero-order valence-electron chi connectivity index (χ0n) is 12.8. The fourth-order valence-electron chi connectivity index (χ4n) is 5.54. The monoisotopic (exact) mass is 499 g/mol. The van der Waals surface area contributed by atoms with Gasteiger partial charge in [0.15, 0.2) is 0 Å². The number of hydrogen-bond acceptors (Lipinski definition) is 2. The van der Waals surface area contributed by atoms with Crippen LogP contribution in [-0.4, -0.2) is 16.3 Å². The average Bonchev–Trinajstić information content (AvgIpc) is 2.74. The van der Waals surface area contributed by atoms with Crippen LogP contribution in [0.3, 0.4) is 0 Å². The van der Waals surface area contributed by atoms with Gasteiger partial charge in [0.25, 0.3) is 0 Å². The van der Waals surface area contributed by atoms with Crippen LogP contribution in [0.15, 0.2) is 18.2 Å². The molecule has 111 valence electrons. The van der Waals surface area contributed by atoms with Crippen LogP contribution in [0.1, 0.15) is 56.1 Å². The van der Waals surface area contributed by atoms with E-state index in [0.717, 1.165) is 25.2 Å². The molecule has 1 aromatic carbocycles. The Kier molecular flexibility index (Phi) is 4.50. The van der Waals surface area contributed by atoms with Gasteiger partial charge in [-0.25, -0.2) is 0 Å². The van der Waals surface area contributed by atoms with Gasteiger partial charge in [-0.05, 0) is 85.0 Å². The molecule has 21 heavy (non-hydrogen) atoms. The van der Waals surface area contributed by atoms with Crippen LogP contribution in [0.4, 0.5) is 0 Å². The van der Waals surface area contributed by atoms with Gasteiger partial charge < -0.3 is 10.2 Å². The van der Waals surface area contributed by atoms with Crippen LogP contribution in [0.2, 0.25) is 0 Å². The minimum Gasteiger partial charge on any atom is -0.508 e. The Bertz CT molecular complexity index is 544. The van der Waals surface area contributed by atoms with Gasteiger partial charge in [-0.3, -0.25) is 0 Å². The first-order valence-corrected chi connectivity index (χ1v) is 8.09. The largest absolute Gasteiger partial charge is 0.508 e. The smallest absolute Gasteiger partial charge is 0.115 e. The predicted molar refractivity (Wildman–Crippen MR) is 78.7 cm³/mol. The summed E-state index contributed by atoms with van der Waals surface area (Å²) in [5.41, 5.74) is 2.99. The zero-order chi connectivity index (χ0) is 13.9. The van der Waals surface area contributed by atoms with Crippen molar-refractivity contribution < 1.29 is 54.3 Å². The molecule has 0 bridgehead atoms. The topological polar surface area (TPSA) is 40.5 Å². The number of phenols is 1. The summed E-state index contributed by atoms with van der Waals surface area (Å²) in [5.74, 6) is 2.49. The molecule has 2 fully saturated rings. The van der Waals surface area contributed by atoms with Gasteiger partial charge >= 0.3 is 0 Å². The third kappa shape index (κ3) is 2.43. The van der Waals surface area contributed by atoms with Gasteiger partial charge in [-0.2, -0.15) is 0 Å². The van der Waals surface area contributed by atoms with Crippen molar-refractivity contribution in [3.05, 3.63) is 29.3 Å². The fourth-order valence-corrected chi connectivity index (χ4v) is 5.54. The molecule has 0 aromatic heterocycles. The summed E-state index contributed by atoms with van der Waals surface area (Å²) >= 11 is 0. The van der Waals surface area contributed by atoms with Gasteiger partial charge in [0.2, 0.25) is 0 Å². The van der Waals surface area contributed by atoms with Gasteiger partial charge in [0, 0.05) is 44.1 Å². The number of phenolic OH excluding ortho intramolecular Hbond substituents is 1. The van der Waals surface area contributed by atoms with Crippen LogP contribution >= 0.6 is 0 Å². The summed E-state index contributed by atoms with van der Waals surface area (Å²) in [5, 5.41) is 20.0. The van der Waals surface area contributed by atoms with Gasteiger partial charge in [0.1, 0.15) is 5.75 Å². The Morgan fingerprint density at radius 3 is 2.76 bits per heavy atom. The summed E-state index contributed by atoms with van der Waals surface area (Å²) < 4.78 is 0. The van der Waals surface area contributed by atoms with E-state index in [2.05, 4.69) is 13.0 Å². The molecule has 5 atom stereocenters. The van der Waals surface area contributed by atoms with E-state index in [0.29, 0.717) is 17.6 Å². The van der Waals surface area contributed by atoms with Crippen molar-refractivity contribution in [3.63, 3.8) is 0 Å². The van der Waals surface area contributed by atoms with Crippen molar-refractivity contribution in [2.75, 3.05) is 0 Å². The summed E-state index contributed by atoms with van der Waals surface area (Å²) in [4.78, 5) is 0. The molecule has 2 nitrogen and oxygen atoms in total. The SMILES string of the molecule is C[C@@]12CC[C@H]3c4ccc(O)cc4CC[C@@H]3[C@H]1CC[C@H]2O.[Ac]. The Labute approximate surface area is 162 Å². The van der Waals surface area contributed by atoms with Crippen LogP contribution in [0, 0.1) is 61.3 Å². The van der Waals surface area contributed by atoms with Crippen molar-refractivity contribution >= 4 is 0 Å². The Balaban J connectivity index is 0.00000132. The number of fused-ring (bicyclic) bond motifs is 5. The molecule has 0 saturated heterocycles. The molecule has 0 heterocycles. The van der Waals surface area contributed by atoms with E-state index in [1.54, 1.807) is 0 Å². The maximum Gasteiger partial charge on any atom is 0.115 e. The number of aliphatic hydroxyl groups excluding tert-OH is 1. The third-order valence-electron chi connectivity index (χ3n) is 6.66. The molecule has 0 aliphatic heterocycles. The molecule has 4 rings (SSSR count). The second-order valence-electron chi connectivity index (χ2n) is 7.44. The number of benzene rings is 1. The Hall–Kier alpha value is 0.422. The van der Waals surface area contributed by atoms with Crippen LogP contribution < -0.4 is 0 Å². The summed E-state index contributed by atoms with van der Waals surface area (Å²) in [6.45, 7) is 2.32. The van der Waals surface area contributed by atoms with Crippen LogP contribution in [0.25, 0.3) is 0 Å². The number of rotatable bonds is 0. The molecule has 1 aromatic rings. The second-order valence-corrected chi connectivity index (χ2v) is 7.44. The first-order chi connectivity index (χ1) is 9.59. The number of hydrogen-bond donors (Lipinski definition) is 2. The molecule has 0 spiro atoms. The normalized spacial score (nSPS) is 40.7. The van der Waals surface area contributed by atoms with Gasteiger partial charge in [0.05, 0.1) is 6.10 Å². The minimum absolute atomic E-state index is 0. The number of aromatic hydroxyl groups is 1. The van der Waals surface area contributed by atoms with Crippen molar-refractivity contribution in [1.29, 1.82) is 0 Å². The van der Waals surface area contributed by atoms with Gasteiger partial charge in [-0.15, -0.1) is 0 Å². The maximum absolute atomic E-state index is 10.4. The summed E-state index contributed by atoms with van der Waals surface area (Å²) in [6.07, 6.45) is 6.78. The summed E-state index contributed by atoms with van der Waals surface area (Å²) in [7, 11) is 0. The molecular weight excluding hydrogens is 475 g/mol. The van der Waals surface area contributed by atoms with E-state index >= 15 is 0 Å².